The third kappa shape index (κ3) is 2.29. The average molecular weight is 265 g/mol. The molecule has 0 bridgehead atoms. The van der Waals surface area contributed by atoms with Gasteiger partial charge in [-0.1, -0.05) is 11.2 Å². The Labute approximate surface area is 115 Å². The Bertz CT molecular complexity index is 766. The van der Waals surface area contributed by atoms with Crippen LogP contribution in [0.1, 0.15) is 17.1 Å². The van der Waals surface area contributed by atoms with E-state index in [4.69, 9.17) is 9.78 Å². The maximum Gasteiger partial charge on any atom is 0.274 e. The molecule has 0 radical (unpaired) electrons. The predicted molar refractivity (Wildman–Crippen MR) is 70.5 cm³/mol. The largest absolute Gasteiger partial charge is 0.345 e. The number of rotatable bonds is 3. The van der Waals surface area contributed by atoms with Gasteiger partial charge in [-0.05, 0) is 18.2 Å². The lowest BCUT2D eigenvalue weighted by Gasteiger charge is -1.95. The molecular weight excluding hydrogens is 254 g/mol. The monoisotopic (exact) mass is 265 g/mol. The molecule has 0 spiro atoms. The van der Waals surface area contributed by atoms with Gasteiger partial charge in [-0.15, -0.1) is 0 Å². The van der Waals surface area contributed by atoms with Crippen LogP contribution in [0.3, 0.4) is 0 Å². The Kier molecular flexibility index (Phi) is 3.01. The molecule has 0 unspecified atom stereocenters. The Hall–Kier alpha value is -2.94. The van der Waals surface area contributed by atoms with E-state index in [2.05, 4.69) is 21.2 Å². The van der Waals surface area contributed by atoms with Gasteiger partial charge < -0.3 is 9.09 Å². The van der Waals surface area contributed by atoms with Crippen molar-refractivity contribution in [3.05, 3.63) is 53.7 Å². The van der Waals surface area contributed by atoms with Gasteiger partial charge >= 0.3 is 0 Å². The zero-order chi connectivity index (χ0) is 13.9. The van der Waals surface area contributed by atoms with Gasteiger partial charge in [0.25, 0.3) is 5.89 Å². The second-order valence-electron chi connectivity index (χ2n) is 4.35. The highest BCUT2D eigenvalue weighted by Crippen LogP contribution is 2.20. The quantitative estimate of drug-likeness (QED) is 0.722. The maximum atomic E-state index is 8.88. The number of hydrogen-bond acceptors (Lipinski definition) is 5. The van der Waals surface area contributed by atoms with Crippen LogP contribution >= 0.6 is 0 Å². The lowest BCUT2D eigenvalue weighted by Crippen LogP contribution is -1.94. The molecule has 6 heteroatoms. The van der Waals surface area contributed by atoms with E-state index < -0.39 is 0 Å². The van der Waals surface area contributed by atoms with Gasteiger partial charge in [0.05, 0.1) is 12.0 Å². The minimum Gasteiger partial charge on any atom is -0.345 e. The summed E-state index contributed by atoms with van der Waals surface area (Å²) in [5, 5.41) is 12.8. The van der Waals surface area contributed by atoms with E-state index in [1.165, 1.54) is 0 Å². The third-order valence-electron chi connectivity index (χ3n) is 2.89. The molecule has 0 saturated heterocycles. The van der Waals surface area contributed by atoms with Gasteiger partial charge in [-0.3, -0.25) is 4.98 Å². The molecule has 0 saturated carbocycles. The average Bonchev–Trinajstić information content (AvgIpc) is 3.06. The fraction of sp³-hybridized carbons (Fsp3) is 0.143. The van der Waals surface area contributed by atoms with Crippen molar-refractivity contribution in [2.45, 2.75) is 6.42 Å². The molecule has 0 fully saturated rings. The molecule has 3 aromatic rings. The van der Waals surface area contributed by atoms with Gasteiger partial charge in [-0.25, -0.2) is 0 Å². The number of aromatic nitrogens is 4. The van der Waals surface area contributed by atoms with Crippen LogP contribution in [0.15, 0.2) is 41.2 Å². The van der Waals surface area contributed by atoms with Crippen LogP contribution in [-0.2, 0) is 13.5 Å². The zero-order valence-corrected chi connectivity index (χ0v) is 10.8. The fourth-order valence-corrected chi connectivity index (χ4v) is 1.93. The summed E-state index contributed by atoms with van der Waals surface area (Å²) in [4.78, 5) is 8.56. The van der Waals surface area contributed by atoms with E-state index in [9.17, 15) is 0 Å². The molecule has 6 nitrogen and oxygen atoms in total. The summed E-state index contributed by atoms with van der Waals surface area (Å²) in [5.41, 5.74) is 2.16. The second-order valence-corrected chi connectivity index (χ2v) is 4.35. The molecule has 0 amide bonds. The molecule has 3 rings (SSSR count). The summed E-state index contributed by atoms with van der Waals surface area (Å²) in [7, 11) is 1.83. The lowest BCUT2D eigenvalue weighted by atomic mass is 10.2. The van der Waals surface area contributed by atoms with Gasteiger partial charge in [0.1, 0.15) is 11.8 Å². The van der Waals surface area contributed by atoms with Crippen molar-refractivity contribution in [2.75, 3.05) is 0 Å². The number of aryl methyl sites for hydroxylation is 1. The summed E-state index contributed by atoms with van der Waals surface area (Å²) in [6.07, 6.45) is 3.96. The van der Waals surface area contributed by atoms with Crippen LogP contribution in [0.4, 0.5) is 0 Å². The molecule has 0 aliphatic heterocycles. The van der Waals surface area contributed by atoms with E-state index in [1.54, 1.807) is 23.0 Å². The van der Waals surface area contributed by atoms with E-state index in [-0.39, 0.29) is 0 Å². The molecule has 0 atom stereocenters. The maximum absolute atomic E-state index is 8.88. The lowest BCUT2D eigenvalue weighted by molar-refractivity contribution is 0.421. The van der Waals surface area contributed by atoms with Gasteiger partial charge in [0.2, 0.25) is 0 Å². The molecule has 0 N–H and O–H groups in total. The standard InChI is InChI=1S/C14H11N5O/c1-19-9-10(8-15)6-12(19)14-17-13(18-20-14)7-11-4-2-3-5-16-11/h2-6,9H,7H2,1H3. The van der Waals surface area contributed by atoms with Crippen molar-refractivity contribution in [3.8, 4) is 17.7 Å². The van der Waals surface area contributed by atoms with Crippen LogP contribution in [-0.4, -0.2) is 19.7 Å². The summed E-state index contributed by atoms with van der Waals surface area (Å²) in [5.74, 6) is 0.971. The first-order chi connectivity index (χ1) is 9.76. The summed E-state index contributed by atoms with van der Waals surface area (Å²) in [6, 6.07) is 9.49. The first kappa shape index (κ1) is 12.1. The van der Waals surface area contributed by atoms with Crippen LogP contribution in [0, 0.1) is 11.3 Å². The number of hydrogen-bond donors (Lipinski definition) is 0. The van der Waals surface area contributed by atoms with Crippen molar-refractivity contribution in [1.29, 1.82) is 5.26 Å². The van der Waals surface area contributed by atoms with Crippen LogP contribution in [0.2, 0.25) is 0 Å². The molecule has 0 aliphatic carbocycles. The van der Waals surface area contributed by atoms with Gasteiger partial charge in [0.15, 0.2) is 5.82 Å². The first-order valence-electron chi connectivity index (χ1n) is 6.05. The number of nitrogens with zero attached hydrogens (tertiary/aromatic N) is 5. The van der Waals surface area contributed by atoms with Crippen LogP contribution in [0.5, 0.6) is 0 Å². The molecule has 0 aliphatic rings. The highest BCUT2D eigenvalue weighted by atomic mass is 16.5. The smallest absolute Gasteiger partial charge is 0.274 e. The summed E-state index contributed by atoms with van der Waals surface area (Å²) < 4.78 is 7.03. The van der Waals surface area contributed by atoms with Crippen LogP contribution in [0.25, 0.3) is 11.6 Å². The van der Waals surface area contributed by atoms with E-state index in [1.807, 2.05) is 25.2 Å². The minimum atomic E-state index is 0.403. The van der Waals surface area contributed by atoms with E-state index in [0.717, 1.165) is 11.4 Å². The molecule has 98 valence electrons. The predicted octanol–water partition coefficient (Wildman–Crippen LogP) is 1.93. The highest BCUT2D eigenvalue weighted by molar-refractivity contribution is 5.52. The first-order valence-corrected chi connectivity index (χ1v) is 6.05. The number of nitriles is 1. The van der Waals surface area contributed by atoms with E-state index >= 15 is 0 Å². The highest BCUT2D eigenvalue weighted by Gasteiger charge is 2.13. The SMILES string of the molecule is Cn1cc(C#N)cc1-c1nc(Cc2ccccn2)no1. The van der Waals surface area contributed by atoms with Crippen molar-refractivity contribution >= 4 is 0 Å². The van der Waals surface area contributed by atoms with Gasteiger partial charge in [0, 0.05) is 25.1 Å². The second kappa shape index (κ2) is 4.97. The van der Waals surface area contributed by atoms with Crippen molar-refractivity contribution in [1.82, 2.24) is 19.7 Å². The molecular formula is C14H11N5O. The molecule has 3 aromatic heterocycles. The Morgan fingerprint density at radius 1 is 1.40 bits per heavy atom. The van der Waals surface area contributed by atoms with Crippen molar-refractivity contribution < 1.29 is 4.52 Å². The molecule has 3 heterocycles. The van der Waals surface area contributed by atoms with Crippen molar-refractivity contribution in [3.63, 3.8) is 0 Å². The van der Waals surface area contributed by atoms with Crippen molar-refractivity contribution in [2.24, 2.45) is 7.05 Å². The normalized spacial score (nSPS) is 10.4. The Morgan fingerprint density at radius 2 is 2.30 bits per heavy atom. The van der Waals surface area contributed by atoms with Crippen LogP contribution < -0.4 is 0 Å². The van der Waals surface area contributed by atoms with E-state index in [0.29, 0.717) is 23.7 Å². The Balaban J connectivity index is 1.87. The number of pyridine rings is 1. The Morgan fingerprint density at radius 3 is 3.00 bits per heavy atom. The molecule has 20 heavy (non-hydrogen) atoms. The topological polar surface area (TPSA) is 80.5 Å². The zero-order valence-electron chi connectivity index (χ0n) is 10.8. The van der Waals surface area contributed by atoms with Gasteiger partial charge in [-0.2, -0.15) is 10.2 Å². The minimum absolute atomic E-state index is 0.403. The summed E-state index contributed by atoms with van der Waals surface area (Å²) >= 11 is 0. The summed E-state index contributed by atoms with van der Waals surface area (Å²) in [6.45, 7) is 0. The molecule has 0 aromatic carbocycles. The fourth-order valence-electron chi connectivity index (χ4n) is 1.93. The third-order valence-corrected chi connectivity index (χ3v) is 2.89.